The van der Waals surface area contributed by atoms with Crippen LogP contribution in [0.5, 0.6) is 0 Å². The van der Waals surface area contributed by atoms with Crippen molar-refractivity contribution in [2.75, 3.05) is 0 Å². The smallest absolute Gasteiger partial charge is 0.870 e. The summed E-state index contributed by atoms with van der Waals surface area (Å²) >= 11 is 5.81. The van der Waals surface area contributed by atoms with E-state index < -0.39 is 5.97 Å². The predicted octanol–water partition coefficient (Wildman–Crippen LogP) is -2.23. The summed E-state index contributed by atoms with van der Waals surface area (Å²) in [7, 11) is 0. The molecule has 2 aromatic rings. The Morgan fingerprint density at radius 2 is 2.17 bits per heavy atom. The molecule has 0 saturated heterocycles. The number of benzene rings is 1. The van der Waals surface area contributed by atoms with Gasteiger partial charge in [0.2, 0.25) is 0 Å². The topological polar surface area (TPSA) is 111 Å². The quantitative estimate of drug-likeness (QED) is 0.627. The zero-order valence-corrected chi connectivity index (χ0v) is 10.2. The third-order valence-electron chi connectivity index (χ3n) is 1.98. The molecule has 0 atom stereocenters. The van der Waals surface area contributed by atoms with E-state index >= 15 is 0 Å². The van der Waals surface area contributed by atoms with Crippen LogP contribution in [0, 0.1) is 0 Å². The van der Waals surface area contributed by atoms with Crippen molar-refractivity contribution in [2.45, 2.75) is 6.42 Å². The first-order chi connectivity index (χ1) is 7.66. The van der Waals surface area contributed by atoms with Gasteiger partial charge in [-0.3, -0.25) is 4.79 Å². The van der Waals surface area contributed by atoms with E-state index in [9.17, 15) is 4.79 Å². The number of halogens is 1. The summed E-state index contributed by atoms with van der Waals surface area (Å²) in [5.41, 5.74) is 1.17. The van der Waals surface area contributed by atoms with Crippen LogP contribution in [0.25, 0.3) is 5.69 Å². The molecule has 0 amide bonds. The normalized spacial score (nSPS) is 9.17. The first kappa shape index (κ1) is 16.6. The summed E-state index contributed by atoms with van der Waals surface area (Å²) in [6, 6.07) is 4.92. The summed E-state index contributed by atoms with van der Waals surface area (Å²) in [6.45, 7) is 0. The molecule has 2 N–H and O–H groups in total. The van der Waals surface area contributed by atoms with Gasteiger partial charge in [0.15, 0.2) is 0 Å². The number of tetrazole rings is 1. The number of rotatable bonds is 3. The average Bonchev–Trinajstić information content (AvgIpc) is 2.69. The van der Waals surface area contributed by atoms with Gasteiger partial charge in [0.1, 0.15) is 6.33 Å². The molecule has 1 aromatic carbocycles. The van der Waals surface area contributed by atoms with Crippen molar-refractivity contribution in [3.8, 4) is 5.69 Å². The van der Waals surface area contributed by atoms with Gasteiger partial charge in [-0.05, 0) is 34.2 Å². The molecule has 7 nitrogen and oxygen atoms in total. The van der Waals surface area contributed by atoms with Crippen molar-refractivity contribution in [1.29, 1.82) is 0 Å². The third-order valence-corrected chi connectivity index (χ3v) is 2.21. The maximum absolute atomic E-state index is 10.7. The summed E-state index contributed by atoms with van der Waals surface area (Å²) in [5, 5.41) is 19.9. The number of nitrogens with zero attached hydrogens (tertiary/aromatic N) is 4. The van der Waals surface area contributed by atoms with Crippen LogP contribution in [0.1, 0.15) is 5.56 Å². The maximum Gasteiger partial charge on any atom is 1.00 e. The molecule has 18 heavy (non-hydrogen) atoms. The number of hydrogen-bond acceptors (Lipinski definition) is 5. The minimum atomic E-state index is -0.934. The predicted molar refractivity (Wildman–Crippen MR) is 57.4 cm³/mol. The average molecular weight is 263 g/mol. The Morgan fingerprint density at radius 3 is 2.72 bits per heavy atom. The van der Waals surface area contributed by atoms with E-state index in [1.165, 1.54) is 11.0 Å². The van der Waals surface area contributed by atoms with Crippen molar-refractivity contribution >= 4 is 17.6 Å². The molecule has 0 aliphatic heterocycles. The van der Waals surface area contributed by atoms with Gasteiger partial charge in [-0.15, -0.1) is 5.10 Å². The number of carboxylic acids is 1. The van der Waals surface area contributed by atoms with Gasteiger partial charge in [-0.2, -0.15) is 0 Å². The van der Waals surface area contributed by atoms with Gasteiger partial charge < -0.3 is 10.6 Å². The second-order valence-electron chi connectivity index (χ2n) is 3.10. The Bertz CT molecular complexity index is 521. The molecule has 0 radical (unpaired) electrons. The Morgan fingerprint density at radius 1 is 1.44 bits per heavy atom. The SMILES string of the molecule is O=C(O)Cc1cc(Cl)ccc1-n1cnnn1.[Li+].[OH-]. The van der Waals surface area contributed by atoms with Gasteiger partial charge in [0, 0.05) is 5.02 Å². The fourth-order valence-electron chi connectivity index (χ4n) is 1.35. The Labute approximate surface area is 119 Å². The Hall–Kier alpha value is -1.39. The third kappa shape index (κ3) is 3.82. The van der Waals surface area contributed by atoms with Gasteiger partial charge >= 0.3 is 24.8 Å². The van der Waals surface area contributed by atoms with E-state index in [1.807, 2.05) is 0 Å². The van der Waals surface area contributed by atoms with E-state index in [0.29, 0.717) is 16.3 Å². The van der Waals surface area contributed by atoms with Crippen molar-refractivity contribution in [3.63, 3.8) is 0 Å². The first-order valence-corrected chi connectivity index (χ1v) is 4.78. The molecular weight excluding hydrogens is 255 g/mol. The minimum absolute atomic E-state index is 0. The van der Waals surface area contributed by atoms with E-state index in [2.05, 4.69) is 15.5 Å². The van der Waals surface area contributed by atoms with Crippen molar-refractivity contribution < 1.29 is 34.2 Å². The first-order valence-electron chi connectivity index (χ1n) is 4.40. The molecule has 0 saturated carbocycles. The Balaban J connectivity index is 0.00000144. The Kier molecular flexibility index (Phi) is 6.58. The molecule has 90 valence electrons. The van der Waals surface area contributed by atoms with Crippen LogP contribution >= 0.6 is 11.6 Å². The number of carboxylic acid groups (broad SMARTS) is 1. The second kappa shape index (κ2) is 7.13. The fourth-order valence-corrected chi connectivity index (χ4v) is 1.55. The number of hydrogen-bond donors (Lipinski definition) is 1. The molecular formula is C9H8ClLiN4O3. The summed E-state index contributed by atoms with van der Waals surface area (Å²) in [5.74, 6) is -0.934. The minimum Gasteiger partial charge on any atom is -0.870 e. The van der Waals surface area contributed by atoms with E-state index in [1.54, 1.807) is 18.2 Å². The zero-order chi connectivity index (χ0) is 11.5. The van der Waals surface area contributed by atoms with Gasteiger partial charge in [0.25, 0.3) is 0 Å². The van der Waals surface area contributed by atoms with Gasteiger partial charge in [-0.1, -0.05) is 11.6 Å². The molecule has 2 rings (SSSR count). The molecule has 0 bridgehead atoms. The molecule has 0 fully saturated rings. The second-order valence-corrected chi connectivity index (χ2v) is 3.53. The van der Waals surface area contributed by atoms with Crippen molar-refractivity contribution in [3.05, 3.63) is 35.1 Å². The molecule has 0 spiro atoms. The summed E-state index contributed by atoms with van der Waals surface area (Å²) < 4.78 is 1.40. The van der Waals surface area contributed by atoms with Crippen LogP contribution in [0.3, 0.4) is 0 Å². The van der Waals surface area contributed by atoms with Crippen LogP contribution in [0.4, 0.5) is 0 Å². The molecule has 9 heteroatoms. The fraction of sp³-hybridized carbons (Fsp3) is 0.111. The largest absolute Gasteiger partial charge is 1.00 e. The van der Waals surface area contributed by atoms with Crippen molar-refractivity contribution in [2.24, 2.45) is 0 Å². The standard InChI is InChI=1S/C9H7ClN4O2.Li.H2O/c10-7-1-2-8(14-5-11-12-13-14)6(3-7)4-9(15)16;;/h1-3,5H,4H2,(H,15,16);;1H2/q;+1;/p-1. The van der Waals surface area contributed by atoms with E-state index in [4.69, 9.17) is 16.7 Å². The van der Waals surface area contributed by atoms with Crippen LogP contribution in [0.2, 0.25) is 5.02 Å². The van der Waals surface area contributed by atoms with E-state index in [-0.39, 0.29) is 30.8 Å². The van der Waals surface area contributed by atoms with E-state index in [0.717, 1.165) is 0 Å². The number of aromatic nitrogens is 4. The monoisotopic (exact) mass is 262 g/mol. The molecule has 0 unspecified atom stereocenters. The summed E-state index contributed by atoms with van der Waals surface area (Å²) in [4.78, 5) is 10.7. The molecule has 1 aromatic heterocycles. The van der Waals surface area contributed by atoms with Gasteiger partial charge in [-0.25, -0.2) is 4.68 Å². The maximum atomic E-state index is 10.7. The number of aliphatic carboxylic acids is 1. The molecule has 0 aliphatic carbocycles. The van der Waals surface area contributed by atoms with Crippen LogP contribution in [0.15, 0.2) is 24.5 Å². The summed E-state index contributed by atoms with van der Waals surface area (Å²) in [6.07, 6.45) is 1.27. The van der Waals surface area contributed by atoms with Crippen molar-refractivity contribution in [1.82, 2.24) is 20.2 Å². The zero-order valence-electron chi connectivity index (χ0n) is 9.49. The van der Waals surface area contributed by atoms with Crippen LogP contribution in [-0.2, 0) is 11.2 Å². The molecule has 0 aliphatic rings. The molecule has 1 heterocycles. The van der Waals surface area contributed by atoms with Gasteiger partial charge in [0.05, 0.1) is 12.1 Å². The van der Waals surface area contributed by atoms with Crippen LogP contribution < -0.4 is 18.9 Å². The van der Waals surface area contributed by atoms with Crippen LogP contribution in [-0.4, -0.2) is 36.8 Å². The number of carbonyl (C=O) groups is 1.